The number of nitrogens with zero attached hydrogens (tertiary/aromatic N) is 3. The molecule has 2 aromatic carbocycles. The van der Waals surface area contributed by atoms with E-state index in [1.54, 1.807) is 28.0 Å². The van der Waals surface area contributed by atoms with Gasteiger partial charge in [0, 0.05) is 18.0 Å². The highest BCUT2D eigenvalue weighted by Crippen LogP contribution is 2.31. The fraction of sp³-hybridized carbons (Fsp3) is 0.300. The summed E-state index contributed by atoms with van der Waals surface area (Å²) in [6.45, 7) is 1.31. The van der Waals surface area contributed by atoms with Gasteiger partial charge in [0.2, 0.25) is 0 Å². The molecule has 1 heterocycles. The third kappa shape index (κ3) is 5.22. The number of thioether (sulfide) groups is 1. The van der Waals surface area contributed by atoms with E-state index >= 15 is 0 Å². The van der Waals surface area contributed by atoms with Gasteiger partial charge in [-0.15, -0.1) is 11.8 Å². The summed E-state index contributed by atoms with van der Waals surface area (Å²) in [6.07, 6.45) is 2.05. The van der Waals surface area contributed by atoms with Crippen LogP contribution in [-0.4, -0.2) is 55.8 Å². The number of likely N-dealkylation sites (N-methyl/N-ethyl adjacent to an activating group) is 1. The van der Waals surface area contributed by atoms with Crippen molar-refractivity contribution in [1.82, 2.24) is 9.88 Å². The summed E-state index contributed by atoms with van der Waals surface area (Å²) < 4.78 is 6.74. The van der Waals surface area contributed by atoms with Gasteiger partial charge in [0.05, 0.1) is 10.2 Å². The molecule has 5 nitrogen and oxygen atoms in total. The number of carbonyl (C=O) groups excluding carboxylic acids is 1. The Balaban J connectivity index is 1.80. The number of carbonyl (C=O) groups is 1. The van der Waals surface area contributed by atoms with Gasteiger partial charge in [-0.1, -0.05) is 29.5 Å². The number of thiazole rings is 1. The molecule has 1 aromatic heterocycles. The predicted octanol–water partition coefficient (Wildman–Crippen LogP) is 3.99. The van der Waals surface area contributed by atoms with E-state index in [-0.39, 0.29) is 12.5 Å². The molecule has 0 atom stereocenters. The van der Waals surface area contributed by atoms with E-state index in [2.05, 4.69) is 28.3 Å². The molecule has 0 spiro atoms. The smallest absolute Gasteiger partial charge is 0.266 e. The van der Waals surface area contributed by atoms with Gasteiger partial charge in [-0.2, -0.15) is 0 Å². The lowest BCUT2D eigenvalue weighted by Crippen LogP contribution is -2.39. The summed E-state index contributed by atoms with van der Waals surface area (Å²) >= 11 is 3.24. The maximum Gasteiger partial charge on any atom is 0.266 e. The number of ether oxygens (including phenoxy) is 1. The molecule has 3 aromatic rings. The first-order valence-corrected chi connectivity index (χ1v) is 10.7. The summed E-state index contributed by atoms with van der Waals surface area (Å²) in [4.78, 5) is 22.5. The maximum absolute atomic E-state index is 12.9. The van der Waals surface area contributed by atoms with Crippen molar-refractivity contribution in [2.45, 2.75) is 4.90 Å². The number of anilines is 1. The van der Waals surface area contributed by atoms with Gasteiger partial charge >= 0.3 is 0 Å². The number of hydrogen-bond donors (Lipinski definition) is 0. The minimum atomic E-state index is -0.0927. The van der Waals surface area contributed by atoms with E-state index in [1.807, 2.05) is 50.5 Å². The largest absolute Gasteiger partial charge is 0.484 e. The average molecular weight is 402 g/mol. The molecule has 0 radical (unpaired) electrons. The predicted molar refractivity (Wildman–Crippen MR) is 114 cm³/mol. The van der Waals surface area contributed by atoms with Gasteiger partial charge in [-0.3, -0.25) is 9.69 Å². The summed E-state index contributed by atoms with van der Waals surface area (Å²) in [6, 6.07) is 15.6. The lowest BCUT2D eigenvalue weighted by molar-refractivity contribution is -0.120. The normalized spacial score (nSPS) is 11.1. The zero-order valence-electron chi connectivity index (χ0n) is 15.7. The van der Waals surface area contributed by atoms with Gasteiger partial charge in [-0.05, 0) is 50.7 Å². The highest BCUT2D eigenvalue weighted by molar-refractivity contribution is 7.98. The van der Waals surface area contributed by atoms with Crippen LogP contribution >= 0.6 is 23.1 Å². The highest BCUT2D eigenvalue weighted by Gasteiger charge is 2.20. The van der Waals surface area contributed by atoms with Crippen LogP contribution in [0, 0.1) is 0 Å². The topological polar surface area (TPSA) is 45.7 Å². The van der Waals surface area contributed by atoms with Crippen molar-refractivity contribution < 1.29 is 9.53 Å². The second-order valence-corrected chi connectivity index (χ2v) is 8.17. The Morgan fingerprint density at radius 1 is 1.15 bits per heavy atom. The Hall–Kier alpha value is -2.09. The molecule has 0 aliphatic carbocycles. The van der Waals surface area contributed by atoms with Crippen LogP contribution in [0.4, 0.5) is 5.13 Å². The number of fused-ring (bicyclic) bond motifs is 1. The molecule has 0 aliphatic rings. The standard InChI is InChI=1S/C20H23N3O2S2/c1-22(2)11-12-23(19(24)14-25-15-7-5-4-6-8-15)20-21-17-10-9-16(26-3)13-18(17)27-20/h4-10,13H,11-12,14H2,1-3H3. The van der Waals surface area contributed by atoms with Crippen LogP contribution in [0.5, 0.6) is 5.75 Å². The number of benzene rings is 2. The number of para-hydroxylation sites is 1. The van der Waals surface area contributed by atoms with Crippen LogP contribution in [-0.2, 0) is 4.79 Å². The van der Waals surface area contributed by atoms with Crippen molar-refractivity contribution in [3.8, 4) is 5.75 Å². The van der Waals surface area contributed by atoms with E-state index in [0.29, 0.717) is 17.4 Å². The van der Waals surface area contributed by atoms with E-state index < -0.39 is 0 Å². The molecule has 0 aliphatic heterocycles. The third-order valence-corrected chi connectivity index (χ3v) is 5.76. The van der Waals surface area contributed by atoms with Crippen molar-refractivity contribution in [2.24, 2.45) is 0 Å². The van der Waals surface area contributed by atoms with Gasteiger partial charge in [0.25, 0.3) is 5.91 Å². The second-order valence-electron chi connectivity index (χ2n) is 6.28. The van der Waals surface area contributed by atoms with E-state index in [4.69, 9.17) is 4.74 Å². The van der Waals surface area contributed by atoms with E-state index in [9.17, 15) is 4.79 Å². The molecule has 3 rings (SSSR count). The maximum atomic E-state index is 12.9. The monoisotopic (exact) mass is 401 g/mol. The minimum Gasteiger partial charge on any atom is -0.484 e. The number of aromatic nitrogens is 1. The van der Waals surface area contributed by atoms with Gasteiger partial charge in [0.1, 0.15) is 5.75 Å². The lowest BCUT2D eigenvalue weighted by atomic mass is 10.3. The SMILES string of the molecule is CSc1ccc2nc(N(CCN(C)C)C(=O)COc3ccccc3)sc2c1. The van der Waals surface area contributed by atoms with Crippen LogP contribution in [0.3, 0.4) is 0 Å². The first-order chi connectivity index (χ1) is 13.1. The van der Waals surface area contributed by atoms with Crippen LogP contribution in [0.25, 0.3) is 10.2 Å². The van der Waals surface area contributed by atoms with Gasteiger partial charge in [-0.25, -0.2) is 4.98 Å². The Kier molecular flexibility index (Phi) is 6.71. The summed E-state index contributed by atoms with van der Waals surface area (Å²) in [5.74, 6) is 0.595. The molecular formula is C20H23N3O2S2. The molecule has 0 bridgehead atoms. The van der Waals surface area contributed by atoms with Crippen LogP contribution < -0.4 is 9.64 Å². The summed E-state index contributed by atoms with van der Waals surface area (Å²) in [7, 11) is 3.98. The molecule has 1 amide bonds. The molecule has 0 fully saturated rings. The molecular weight excluding hydrogens is 378 g/mol. The number of amides is 1. The number of rotatable bonds is 8. The molecule has 27 heavy (non-hydrogen) atoms. The van der Waals surface area contributed by atoms with Crippen molar-refractivity contribution in [3.05, 3.63) is 48.5 Å². The molecule has 0 unspecified atom stereocenters. The summed E-state index contributed by atoms with van der Waals surface area (Å²) in [5.41, 5.74) is 0.916. The fourth-order valence-electron chi connectivity index (χ4n) is 2.50. The van der Waals surface area contributed by atoms with Crippen molar-refractivity contribution in [2.75, 3.05) is 44.9 Å². The molecule has 0 saturated heterocycles. The molecule has 7 heteroatoms. The van der Waals surface area contributed by atoms with Crippen molar-refractivity contribution in [3.63, 3.8) is 0 Å². The summed E-state index contributed by atoms with van der Waals surface area (Å²) in [5, 5.41) is 0.715. The minimum absolute atomic E-state index is 0.0105. The zero-order valence-corrected chi connectivity index (χ0v) is 17.3. The van der Waals surface area contributed by atoms with E-state index in [1.165, 1.54) is 4.90 Å². The first-order valence-electron chi connectivity index (χ1n) is 8.64. The van der Waals surface area contributed by atoms with Crippen molar-refractivity contribution in [1.29, 1.82) is 0 Å². The third-order valence-electron chi connectivity index (χ3n) is 3.99. The number of hydrogen-bond acceptors (Lipinski definition) is 6. The molecule has 142 valence electrons. The molecule has 0 N–H and O–H groups in total. The Bertz CT molecular complexity index is 897. The van der Waals surface area contributed by atoms with Crippen molar-refractivity contribution >= 4 is 44.4 Å². The molecule has 0 saturated carbocycles. The van der Waals surface area contributed by atoms with Gasteiger partial charge in [0.15, 0.2) is 11.7 Å². The van der Waals surface area contributed by atoms with Crippen LogP contribution in [0.2, 0.25) is 0 Å². The lowest BCUT2D eigenvalue weighted by Gasteiger charge is -2.22. The van der Waals surface area contributed by atoms with Crippen LogP contribution in [0.15, 0.2) is 53.4 Å². The fourth-order valence-corrected chi connectivity index (χ4v) is 4.06. The average Bonchev–Trinajstić information content (AvgIpc) is 3.09. The second kappa shape index (κ2) is 9.21. The Morgan fingerprint density at radius 3 is 2.63 bits per heavy atom. The first kappa shape index (κ1) is 19.7. The van der Waals surface area contributed by atoms with E-state index in [0.717, 1.165) is 16.8 Å². The Labute approximate surface area is 168 Å². The zero-order chi connectivity index (χ0) is 19.2. The highest BCUT2D eigenvalue weighted by atomic mass is 32.2. The quantitative estimate of drug-likeness (QED) is 0.534. The Morgan fingerprint density at radius 2 is 1.93 bits per heavy atom. The van der Waals surface area contributed by atoms with Crippen LogP contribution in [0.1, 0.15) is 0 Å². The van der Waals surface area contributed by atoms with Gasteiger partial charge < -0.3 is 9.64 Å².